The van der Waals surface area contributed by atoms with Crippen molar-refractivity contribution in [3.05, 3.63) is 29.1 Å². The lowest BCUT2D eigenvalue weighted by molar-refractivity contribution is 0.0979. The molecule has 1 saturated carbocycles. The molecule has 0 radical (unpaired) electrons. The van der Waals surface area contributed by atoms with E-state index in [0.29, 0.717) is 11.7 Å². The highest BCUT2D eigenvalue weighted by molar-refractivity contribution is 7.82. The number of rotatable bonds is 4. The third-order valence-electron chi connectivity index (χ3n) is 2.82. The predicted molar refractivity (Wildman–Crippen MR) is 66.5 cm³/mol. The largest absolute Gasteiger partial charge is 0.496 e. The van der Waals surface area contributed by atoms with Crippen molar-refractivity contribution in [1.82, 2.24) is 4.72 Å². The van der Waals surface area contributed by atoms with Crippen molar-refractivity contribution >= 4 is 16.9 Å². The molecule has 6 heteroatoms. The summed E-state index contributed by atoms with van der Waals surface area (Å²) in [6, 6.07) is 2.70. The number of halogens is 1. The van der Waals surface area contributed by atoms with Crippen LogP contribution in [0, 0.1) is 5.82 Å². The molecule has 1 atom stereocenters. The second-order valence-corrected chi connectivity index (χ2v) is 5.35. The molecular formula is C12H14FNO3S. The molecule has 1 aromatic rings. The SMILES string of the molecule is COc1cc(F)c(C(=O)NS(C)=O)cc1C1CC1. The topological polar surface area (TPSA) is 55.4 Å². The van der Waals surface area contributed by atoms with Crippen LogP contribution in [0.3, 0.4) is 0 Å². The lowest BCUT2D eigenvalue weighted by Crippen LogP contribution is -2.25. The maximum atomic E-state index is 13.8. The Morgan fingerprint density at radius 3 is 2.67 bits per heavy atom. The van der Waals surface area contributed by atoms with Gasteiger partial charge in [0.25, 0.3) is 5.91 Å². The highest BCUT2D eigenvalue weighted by Crippen LogP contribution is 2.45. The van der Waals surface area contributed by atoms with Gasteiger partial charge in [0.05, 0.1) is 12.7 Å². The molecule has 1 N–H and O–H groups in total. The van der Waals surface area contributed by atoms with Gasteiger partial charge in [0.2, 0.25) is 0 Å². The van der Waals surface area contributed by atoms with E-state index in [1.54, 1.807) is 0 Å². The Hall–Kier alpha value is -1.43. The van der Waals surface area contributed by atoms with Gasteiger partial charge in [-0.2, -0.15) is 0 Å². The minimum absolute atomic E-state index is 0.0899. The first kappa shape index (κ1) is 13.0. The van der Waals surface area contributed by atoms with Gasteiger partial charge in [-0.25, -0.2) is 8.60 Å². The summed E-state index contributed by atoms with van der Waals surface area (Å²) in [5.41, 5.74) is 0.749. The lowest BCUT2D eigenvalue weighted by atomic mass is 10.0. The van der Waals surface area contributed by atoms with Crippen molar-refractivity contribution in [2.75, 3.05) is 13.4 Å². The Morgan fingerprint density at radius 2 is 2.17 bits per heavy atom. The van der Waals surface area contributed by atoms with Gasteiger partial charge in [-0.3, -0.25) is 9.52 Å². The zero-order valence-corrected chi connectivity index (χ0v) is 11.0. The van der Waals surface area contributed by atoms with Gasteiger partial charge < -0.3 is 4.74 Å². The summed E-state index contributed by atoms with van der Waals surface area (Å²) >= 11 is 0. The summed E-state index contributed by atoms with van der Waals surface area (Å²) in [7, 11) is -0.0370. The van der Waals surface area contributed by atoms with E-state index in [1.165, 1.54) is 25.5 Å². The number of hydrogen-bond acceptors (Lipinski definition) is 3. The van der Waals surface area contributed by atoms with Gasteiger partial charge in [-0.05, 0) is 30.4 Å². The van der Waals surface area contributed by atoms with E-state index in [9.17, 15) is 13.4 Å². The molecule has 0 aromatic heterocycles. The van der Waals surface area contributed by atoms with E-state index >= 15 is 0 Å². The Labute approximate surface area is 107 Å². The summed E-state index contributed by atoms with van der Waals surface area (Å²) in [6.45, 7) is 0. The first-order valence-corrected chi connectivity index (χ1v) is 7.10. The van der Waals surface area contributed by atoms with Gasteiger partial charge in [-0.1, -0.05) is 0 Å². The molecule has 1 fully saturated rings. The van der Waals surface area contributed by atoms with Crippen LogP contribution >= 0.6 is 0 Å². The summed E-state index contributed by atoms with van der Waals surface area (Å²) in [6.07, 6.45) is 3.35. The van der Waals surface area contributed by atoms with E-state index in [0.717, 1.165) is 18.4 Å². The monoisotopic (exact) mass is 271 g/mol. The van der Waals surface area contributed by atoms with Crippen molar-refractivity contribution in [2.24, 2.45) is 0 Å². The second kappa shape index (κ2) is 5.06. The molecule has 98 valence electrons. The first-order valence-electron chi connectivity index (χ1n) is 5.54. The van der Waals surface area contributed by atoms with Crippen LogP contribution in [0.5, 0.6) is 5.75 Å². The average Bonchev–Trinajstić information content (AvgIpc) is 3.11. The molecule has 2 rings (SSSR count). The molecule has 0 bridgehead atoms. The molecule has 1 aromatic carbocycles. The standard InChI is InChI=1S/C12H14FNO3S/c1-17-11-6-10(13)9(12(15)14-18(2)16)5-8(11)7-3-4-7/h5-7H,3-4H2,1-2H3,(H,14,15). The zero-order valence-electron chi connectivity index (χ0n) is 10.2. The maximum absolute atomic E-state index is 13.8. The fraction of sp³-hybridized carbons (Fsp3) is 0.417. The number of nitrogens with one attached hydrogen (secondary N) is 1. The number of ether oxygens (including phenoxy) is 1. The number of carbonyl (C=O) groups excluding carboxylic acids is 1. The third kappa shape index (κ3) is 2.69. The average molecular weight is 271 g/mol. The molecular weight excluding hydrogens is 257 g/mol. The van der Waals surface area contributed by atoms with Crippen LogP contribution in [-0.2, 0) is 11.0 Å². The highest BCUT2D eigenvalue weighted by atomic mass is 32.2. The summed E-state index contributed by atoms with van der Waals surface area (Å²) in [5, 5.41) is 0. The van der Waals surface area contributed by atoms with Gasteiger partial charge >= 0.3 is 0 Å². The molecule has 4 nitrogen and oxygen atoms in total. The minimum Gasteiger partial charge on any atom is -0.496 e. The second-order valence-electron chi connectivity index (χ2n) is 4.23. The van der Waals surface area contributed by atoms with E-state index in [2.05, 4.69) is 4.72 Å². The zero-order chi connectivity index (χ0) is 13.3. The Balaban J connectivity index is 2.38. The van der Waals surface area contributed by atoms with Crippen molar-refractivity contribution in [3.63, 3.8) is 0 Å². The molecule has 1 amide bonds. The van der Waals surface area contributed by atoms with Crippen LogP contribution in [0.25, 0.3) is 0 Å². The van der Waals surface area contributed by atoms with Crippen LogP contribution in [0.2, 0.25) is 0 Å². The fourth-order valence-electron chi connectivity index (χ4n) is 1.82. The molecule has 0 heterocycles. The molecule has 0 aliphatic heterocycles. The number of amides is 1. The summed E-state index contributed by atoms with van der Waals surface area (Å²) in [5.74, 6) is -0.541. The maximum Gasteiger partial charge on any atom is 0.265 e. The number of hydrogen-bond donors (Lipinski definition) is 1. The summed E-state index contributed by atoms with van der Waals surface area (Å²) < 4.78 is 32.0. The van der Waals surface area contributed by atoms with Crippen molar-refractivity contribution in [3.8, 4) is 5.75 Å². The molecule has 1 aliphatic carbocycles. The quantitative estimate of drug-likeness (QED) is 0.907. The smallest absolute Gasteiger partial charge is 0.265 e. The van der Waals surface area contributed by atoms with E-state index < -0.39 is 22.7 Å². The lowest BCUT2D eigenvalue weighted by Gasteiger charge is -2.11. The Bertz CT molecular complexity index is 514. The Morgan fingerprint density at radius 1 is 1.50 bits per heavy atom. The van der Waals surface area contributed by atoms with E-state index in [4.69, 9.17) is 4.74 Å². The van der Waals surface area contributed by atoms with Crippen LogP contribution < -0.4 is 9.46 Å². The van der Waals surface area contributed by atoms with Crippen LogP contribution in [0.4, 0.5) is 4.39 Å². The summed E-state index contributed by atoms with van der Waals surface area (Å²) in [4.78, 5) is 11.7. The minimum atomic E-state index is -1.51. The van der Waals surface area contributed by atoms with Gasteiger partial charge in [0.15, 0.2) is 0 Å². The van der Waals surface area contributed by atoms with Crippen molar-refractivity contribution < 1.29 is 18.1 Å². The molecule has 18 heavy (non-hydrogen) atoms. The van der Waals surface area contributed by atoms with Crippen molar-refractivity contribution in [2.45, 2.75) is 18.8 Å². The number of carbonyl (C=O) groups is 1. The fourth-order valence-corrected chi connectivity index (χ4v) is 2.19. The van der Waals surface area contributed by atoms with Gasteiger partial charge in [-0.15, -0.1) is 0 Å². The van der Waals surface area contributed by atoms with Crippen molar-refractivity contribution in [1.29, 1.82) is 0 Å². The van der Waals surface area contributed by atoms with Gasteiger partial charge in [0, 0.05) is 12.3 Å². The molecule has 0 saturated heterocycles. The molecule has 1 unspecified atom stereocenters. The normalized spacial score (nSPS) is 16.2. The van der Waals surface area contributed by atoms with Gasteiger partial charge in [0.1, 0.15) is 22.6 Å². The highest BCUT2D eigenvalue weighted by Gasteiger charge is 2.29. The van der Waals surface area contributed by atoms with Crippen LogP contribution in [0.15, 0.2) is 12.1 Å². The third-order valence-corrected chi connectivity index (χ3v) is 3.29. The molecule has 0 spiro atoms. The van der Waals surface area contributed by atoms with Crippen LogP contribution in [-0.4, -0.2) is 23.5 Å². The van der Waals surface area contributed by atoms with Crippen LogP contribution in [0.1, 0.15) is 34.7 Å². The number of benzene rings is 1. The van der Waals surface area contributed by atoms with E-state index in [-0.39, 0.29) is 5.56 Å². The molecule has 1 aliphatic rings. The van der Waals surface area contributed by atoms with E-state index in [1.807, 2.05) is 0 Å². The first-order chi connectivity index (χ1) is 8.52. The number of methoxy groups -OCH3 is 1. The Kier molecular flexibility index (Phi) is 3.65. The predicted octanol–water partition coefficient (Wildman–Crippen LogP) is 1.74.